The lowest BCUT2D eigenvalue weighted by Gasteiger charge is -2.38. The lowest BCUT2D eigenvalue weighted by atomic mass is 9.71. The second-order valence-corrected chi connectivity index (χ2v) is 8.27. The summed E-state index contributed by atoms with van der Waals surface area (Å²) in [7, 11) is -3.38. The minimum absolute atomic E-state index is 0.153. The molecule has 0 aliphatic heterocycles. The van der Waals surface area contributed by atoms with Crippen LogP contribution >= 0.6 is 0 Å². The molecule has 0 amide bonds. The van der Waals surface area contributed by atoms with Crippen LogP contribution in [0.5, 0.6) is 0 Å². The Hall–Kier alpha value is -0.850. The molecule has 0 aromatic carbocycles. The summed E-state index contributed by atoms with van der Waals surface area (Å²) >= 11 is 0. The SMILES string of the molecule is CC1(CNS(=O)(=O)c2c[nH]c(CNC3CC3)c2)CCC1. The van der Waals surface area contributed by atoms with Crippen molar-refractivity contribution in [1.82, 2.24) is 15.0 Å². The van der Waals surface area contributed by atoms with E-state index >= 15 is 0 Å². The van der Waals surface area contributed by atoms with Crippen LogP contribution in [0.1, 0.15) is 44.7 Å². The van der Waals surface area contributed by atoms with Crippen LogP contribution in [0, 0.1) is 5.41 Å². The van der Waals surface area contributed by atoms with Crippen LogP contribution < -0.4 is 10.0 Å². The first-order valence-corrected chi connectivity index (χ1v) is 8.86. The first-order valence-electron chi connectivity index (χ1n) is 7.37. The van der Waals surface area contributed by atoms with Crippen molar-refractivity contribution in [2.45, 2.75) is 56.5 Å². The van der Waals surface area contributed by atoms with Crippen LogP contribution in [0.3, 0.4) is 0 Å². The van der Waals surface area contributed by atoms with Crippen molar-refractivity contribution < 1.29 is 8.42 Å². The lowest BCUT2D eigenvalue weighted by molar-refractivity contribution is 0.166. The number of aromatic amines is 1. The van der Waals surface area contributed by atoms with Gasteiger partial charge in [-0.25, -0.2) is 13.1 Å². The summed E-state index contributed by atoms with van der Waals surface area (Å²) in [5.74, 6) is 0. The van der Waals surface area contributed by atoms with Gasteiger partial charge >= 0.3 is 0 Å². The number of aromatic nitrogens is 1. The summed E-state index contributed by atoms with van der Waals surface area (Å²) in [5, 5.41) is 3.37. The molecular weight excluding hydrogens is 274 g/mol. The normalized spacial score (nSPS) is 21.6. The maximum Gasteiger partial charge on any atom is 0.242 e. The molecule has 2 aliphatic rings. The van der Waals surface area contributed by atoms with Gasteiger partial charge in [-0.2, -0.15) is 0 Å². The van der Waals surface area contributed by atoms with Gasteiger partial charge in [0.1, 0.15) is 0 Å². The highest BCUT2D eigenvalue weighted by molar-refractivity contribution is 7.89. The molecule has 6 heteroatoms. The molecule has 3 N–H and O–H groups in total. The van der Waals surface area contributed by atoms with Crippen molar-refractivity contribution in [3.63, 3.8) is 0 Å². The van der Waals surface area contributed by atoms with Gasteiger partial charge in [0.2, 0.25) is 10.0 Å². The molecule has 5 nitrogen and oxygen atoms in total. The van der Waals surface area contributed by atoms with E-state index in [1.54, 1.807) is 12.3 Å². The Labute approximate surface area is 120 Å². The molecule has 0 atom stereocenters. The highest BCUT2D eigenvalue weighted by atomic mass is 32.2. The molecular formula is C14H23N3O2S. The number of sulfonamides is 1. The second-order valence-electron chi connectivity index (χ2n) is 6.50. The third-order valence-electron chi connectivity index (χ3n) is 4.43. The summed E-state index contributed by atoms with van der Waals surface area (Å²) in [6.07, 6.45) is 7.46. The first-order chi connectivity index (χ1) is 9.47. The fraction of sp³-hybridized carbons (Fsp3) is 0.714. The summed E-state index contributed by atoms with van der Waals surface area (Å²) in [6.45, 7) is 3.38. The van der Waals surface area contributed by atoms with Gasteiger partial charge in [0, 0.05) is 31.0 Å². The Morgan fingerprint density at radius 2 is 2.15 bits per heavy atom. The molecule has 1 aromatic rings. The lowest BCUT2D eigenvalue weighted by Crippen LogP contribution is -2.39. The summed E-state index contributed by atoms with van der Waals surface area (Å²) < 4.78 is 27.2. The molecule has 0 bridgehead atoms. The molecule has 2 fully saturated rings. The molecule has 2 saturated carbocycles. The average Bonchev–Trinajstić information content (AvgIpc) is 3.08. The zero-order valence-corrected chi connectivity index (χ0v) is 12.7. The standard InChI is InChI=1S/C14H23N3O2S/c1-14(5-2-6-14)10-17-20(18,19)13-7-12(16-9-13)8-15-11-3-4-11/h7,9,11,15-17H,2-6,8,10H2,1H3. The topological polar surface area (TPSA) is 74.0 Å². The van der Waals surface area contributed by atoms with Gasteiger partial charge in [0.05, 0.1) is 4.90 Å². The molecule has 112 valence electrons. The van der Waals surface area contributed by atoms with Gasteiger partial charge in [0.15, 0.2) is 0 Å². The minimum atomic E-state index is -3.38. The number of hydrogen-bond acceptors (Lipinski definition) is 3. The molecule has 0 unspecified atom stereocenters. The quantitative estimate of drug-likeness (QED) is 0.717. The molecule has 1 heterocycles. The van der Waals surface area contributed by atoms with Gasteiger partial charge in [-0.15, -0.1) is 0 Å². The largest absolute Gasteiger partial charge is 0.363 e. The van der Waals surface area contributed by atoms with E-state index in [1.807, 2.05) is 0 Å². The van der Waals surface area contributed by atoms with E-state index in [0.717, 1.165) is 18.5 Å². The fourth-order valence-corrected chi connectivity index (χ4v) is 3.74. The van der Waals surface area contributed by atoms with Gasteiger partial charge in [0.25, 0.3) is 0 Å². The van der Waals surface area contributed by atoms with E-state index < -0.39 is 10.0 Å². The molecule has 0 radical (unpaired) electrons. The zero-order chi connectivity index (χ0) is 14.2. The second kappa shape index (κ2) is 5.16. The van der Waals surface area contributed by atoms with Crippen LogP contribution in [0.4, 0.5) is 0 Å². The van der Waals surface area contributed by atoms with Crippen molar-refractivity contribution in [2.75, 3.05) is 6.54 Å². The van der Waals surface area contributed by atoms with Crippen LogP contribution in [0.2, 0.25) is 0 Å². The Morgan fingerprint density at radius 1 is 1.40 bits per heavy atom. The van der Waals surface area contributed by atoms with Gasteiger partial charge in [-0.3, -0.25) is 0 Å². The van der Waals surface area contributed by atoms with Crippen molar-refractivity contribution >= 4 is 10.0 Å². The van der Waals surface area contributed by atoms with E-state index in [2.05, 4.69) is 21.9 Å². The van der Waals surface area contributed by atoms with Crippen LogP contribution in [-0.4, -0.2) is 26.0 Å². The maximum absolute atomic E-state index is 12.2. The maximum atomic E-state index is 12.2. The molecule has 0 spiro atoms. The molecule has 0 saturated heterocycles. The highest BCUT2D eigenvalue weighted by Gasteiger charge is 2.33. The monoisotopic (exact) mass is 297 g/mol. The third-order valence-corrected chi connectivity index (χ3v) is 5.82. The van der Waals surface area contributed by atoms with Crippen LogP contribution in [-0.2, 0) is 16.6 Å². The van der Waals surface area contributed by atoms with E-state index in [1.165, 1.54) is 19.3 Å². The van der Waals surface area contributed by atoms with E-state index in [0.29, 0.717) is 24.0 Å². The summed E-state index contributed by atoms with van der Waals surface area (Å²) in [4.78, 5) is 3.38. The zero-order valence-electron chi connectivity index (χ0n) is 11.9. The number of hydrogen-bond donors (Lipinski definition) is 3. The number of H-pyrrole nitrogens is 1. The summed E-state index contributed by atoms with van der Waals surface area (Å²) in [6, 6.07) is 2.34. The molecule has 20 heavy (non-hydrogen) atoms. The Bertz CT molecular complexity index is 571. The van der Waals surface area contributed by atoms with Gasteiger partial charge < -0.3 is 10.3 Å². The van der Waals surface area contributed by atoms with Crippen molar-refractivity contribution in [1.29, 1.82) is 0 Å². The predicted octanol–water partition coefficient (Wildman–Crippen LogP) is 1.74. The first kappa shape index (κ1) is 14.1. The number of rotatable bonds is 7. The summed E-state index contributed by atoms with van der Waals surface area (Å²) in [5.41, 5.74) is 1.08. The Balaban J connectivity index is 1.58. The van der Waals surface area contributed by atoms with Gasteiger partial charge in [-0.05, 0) is 37.2 Å². The van der Waals surface area contributed by atoms with E-state index in [4.69, 9.17) is 0 Å². The molecule has 1 aromatic heterocycles. The third kappa shape index (κ3) is 3.24. The van der Waals surface area contributed by atoms with E-state index in [-0.39, 0.29) is 5.41 Å². The molecule has 3 rings (SSSR count). The van der Waals surface area contributed by atoms with Crippen molar-refractivity contribution in [2.24, 2.45) is 5.41 Å². The fourth-order valence-electron chi connectivity index (χ4n) is 2.53. The van der Waals surface area contributed by atoms with Gasteiger partial charge in [-0.1, -0.05) is 13.3 Å². The van der Waals surface area contributed by atoms with Crippen LogP contribution in [0.25, 0.3) is 0 Å². The minimum Gasteiger partial charge on any atom is -0.363 e. The highest BCUT2D eigenvalue weighted by Crippen LogP contribution is 2.39. The van der Waals surface area contributed by atoms with E-state index in [9.17, 15) is 8.42 Å². The Morgan fingerprint density at radius 3 is 2.75 bits per heavy atom. The van der Waals surface area contributed by atoms with Crippen molar-refractivity contribution in [3.8, 4) is 0 Å². The Kier molecular flexibility index (Phi) is 3.64. The van der Waals surface area contributed by atoms with Crippen molar-refractivity contribution in [3.05, 3.63) is 18.0 Å². The number of nitrogens with one attached hydrogen (secondary N) is 3. The molecule has 2 aliphatic carbocycles. The average molecular weight is 297 g/mol. The van der Waals surface area contributed by atoms with Crippen LogP contribution in [0.15, 0.2) is 17.2 Å². The predicted molar refractivity (Wildman–Crippen MR) is 77.8 cm³/mol. The smallest absolute Gasteiger partial charge is 0.242 e.